The van der Waals surface area contributed by atoms with Crippen LogP contribution in [0.4, 0.5) is 5.82 Å². The minimum atomic E-state index is 0.591. The number of anilines is 1. The Morgan fingerprint density at radius 3 is 2.81 bits per heavy atom. The summed E-state index contributed by atoms with van der Waals surface area (Å²) in [4.78, 5) is 12.9. The van der Waals surface area contributed by atoms with Gasteiger partial charge in [0.15, 0.2) is 5.82 Å². The lowest BCUT2D eigenvalue weighted by atomic mass is 10.3. The van der Waals surface area contributed by atoms with E-state index in [9.17, 15) is 0 Å². The van der Waals surface area contributed by atoms with Gasteiger partial charge in [-0.2, -0.15) is 0 Å². The molecule has 0 fully saturated rings. The van der Waals surface area contributed by atoms with Gasteiger partial charge >= 0.3 is 0 Å². The highest BCUT2D eigenvalue weighted by Crippen LogP contribution is 2.15. The number of hydrogen-bond donors (Lipinski definition) is 2. The van der Waals surface area contributed by atoms with Gasteiger partial charge in [0.25, 0.3) is 0 Å². The van der Waals surface area contributed by atoms with E-state index in [-0.39, 0.29) is 0 Å². The number of nitrogens with zero attached hydrogens (tertiary/aromatic N) is 3. The van der Waals surface area contributed by atoms with Crippen LogP contribution in [0.2, 0.25) is 0 Å². The van der Waals surface area contributed by atoms with Crippen LogP contribution in [0.5, 0.6) is 0 Å². The highest BCUT2D eigenvalue weighted by Gasteiger charge is 2.05. The summed E-state index contributed by atoms with van der Waals surface area (Å²) in [5.74, 6) is 6.55. The molecule has 2 aromatic rings. The van der Waals surface area contributed by atoms with Crippen LogP contribution in [0.3, 0.4) is 0 Å². The predicted octanol–water partition coefficient (Wildman–Crippen LogP) is 1.39. The molecule has 82 valence electrons. The second-order valence-electron chi connectivity index (χ2n) is 3.28. The Hall–Kier alpha value is -2.01. The summed E-state index contributed by atoms with van der Waals surface area (Å²) < 4.78 is 0. The zero-order chi connectivity index (χ0) is 11.4. The lowest BCUT2D eigenvalue weighted by molar-refractivity contribution is 0.994. The molecule has 2 rings (SSSR count). The summed E-state index contributed by atoms with van der Waals surface area (Å²) in [7, 11) is 0. The number of pyridine rings is 1. The second-order valence-corrected chi connectivity index (χ2v) is 3.28. The average Bonchev–Trinajstić information content (AvgIpc) is 2.39. The lowest BCUT2D eigenvalue weighted by Gasteiger charge is -2.05. The highest BCUT2D eigenvalue weighted by atomic mass is 15.3. The van der Waals surface area contributed by atoms with Gasteiger partial charge in [-0.05, 0) is 18.6 Å². The molecule has 0 unspecified atom stereocenters. The maximum Gasteiger partial charge on any atom is 0.180 e. The van der Waals surface area contributed by atoms with E-state index >= 15 is 0 Å². The highest BCUT2D eigenvalue weighted by molar-refractivity contribution is 5.52. The molecule has 0 aromatic carbocycles. The number of aromatic nitrogens is 3. The second kappa shape index (κ2) is 4.67. The average molecular weight is 215 g/mol. The van der Waals surface area contributed by atoms with Crippen molar-refractivity contribution in [1.29, 1.82) is 0 Å². The number of rotatable bonds is 3. The molecule has 2 heterocycles. The van der Waals surface area contributed by atoms with Crippen molar-refractivity contribution in [3.8, 4) is 11.5 Å². The summed E-state index contributed by atoms with van der Waals surface area (Å²) in [6, 6.07) is 7.45. The quantitative estimate of drug-likeness (QED) is 0.597. The molecule has 0 atom stereocenters. The molecule has 0 spiro atoms. The van der Waals surface area contributed by atoms with E-state index in [2.05, 4.69) is 20.4 Å². The van der Waals surface area contributed by atoms with Gasteiger partial charge in [0.1, 0.15) is 11.5 Å². The monoisotopic (exact) mass is 215 g/mol. The largest absolute Gasteiger partial charge is 0.308 e. The van der Waals surface area contributed by atoms with Crippen molar-refractivity contribution in [2.45, 2.75) is 13.3 Å². The Morgan fingerprint density at radius 2 is 2.19 bits per heavy atom. The molecule has 5 heteroatoms. The van der Waals surface area contributed by atoms with Gasteiger partial charge < -0.3 is 5.43 Å². The van der Waals surface area contributed by atoms with Gasteiger partial charge in [0.05, 0.1) is 0 Å². The maximum atomic E-state index is 5.36. The first-order valence-corrected chi connectivity index (χ1v) is 5.09. The van der Waals surface area contributed by atoms with Crippen LogP contribution in [-0.2, 0) is 6.42 Å². The van der Waals surface area contributed by atoms with Crippen molar-refractivity contribution in [3.63, 3.8) is 0 Å². The van der Waals surface area contributed by atoms with E-state index in [1.54, 1.807) is 6.20 Å². The van der Waals surface area contributed by atoms with Gasteiger partial charge in [0, 0.05) is 18.0 Å². The topological polar surface area (TPSA) is 76.7 Å². The van der Waals surface area contributed by atoms with Crippen molar-refractivity contribution in [2.24, 2.45) is 5.84 Å². The Morgan fingerprint density at radius 1 is 1.31 bits per heavy atom. The third kappa shape index (κ3) is 2.14. The third-order valence-electron chi connectivity index (χ3n) is 2.18. The molecule has 3 N–H and O–H groups in total. The lowest BCUT2D eigenvalue weighted by Crippen LogP contribution is -2.10. The Kier molecular flexibility index (Phi) is 3.07. The van der Waals surface area contributed by atoms with Crippen LogP contribution in [-0.4, -0.2) is 15.0 Å². The molecule has 0 amide bonds. The molecule has 0 aliphatic rings. The van der Waals surface area contributed by atoms with Crippen LogP contribution < -0.4 is 11.3 Å². The number of hydrogen-bond acceptors (Lipinski definition) is 5. The van der Waals surface area contributed by atoms with Crippen molar-refractivity contribution >= 4 is 5.82 Å². The van der Waals surface area contributed by atoms with Crippen LogP contribution in [0.1, 0.15) is 12.6 Å². The van der Waals surface area contributed by atoms with Crippen molar-refractivity contribution in [1.82, 2.24) is 15.0 Å². The summed E-state index contributed by atoms with van der Waals surface area (Å²) in [5.41, 5.74) is 4.21. The molecule has 0 saturated heterocycles. The fourth-order valence-corrected chi connectivity index (χ4v) is 1.36. The first-order valence-electron chi connectivity index (χ1n) is 5.09. The summed E-state index contributed by atoms with van der Waals surface area (Å²) in [6.07, 6.45) is 2.55. The van der Waals surface area contributed by atoms with Gasteiger partial charge in [0.2, 0.25) is 0 Å². The van der Waals surface area contributed by atoms with E-state index in [1.165, 1.54) is 0 Å². The minimum absolute atomic E-state index is 0.591. The third-order valence-corrected chi connectivity index (χ3v) is 2.18. The van der Waals surface area contributed by atoms with Crippen molar-refractivity contribution in [2.75, 3.05) is 5.43 Å². The van der Waals surface area contributed by atoms with Gasteiger partial charge in [-0.1, -0.05) is 13.0 Å². The van der Waals surface area contributed by atoms with Crippen molar-refractivity contribution < 1.29 is 0 Å². The van der Waals surface area contributed by atoms with Gasteiger partial charge in [-0.25, -0.2) is 15.8 Å². The zero-order valence-corrected chi connectivity index (χ0v) is 9.01. The molecule has 0 bridgehead atoms. The van der Waals surface area contributed by atoms with Crippen LogP contribution in [0.15, 0.2) is 30.5 Å². The molecule has 0 aliphatic carbocycles. The van der Waals surface area contributed by atoms with Crippen LogP contribution >= 0.6 is 0 Å². The fraction of sp³-hybridized carbons (Fsp3) is 0.182. The van der Waals surface area contributed by atoms with E-state index < -0.39 is 0 Å². The fourth-order valence-electron chi connectivity index (χ4n) is 1.36. The number of nitrogens with one attached hydrogen (secondary N) is 1. The number of nitrogen functional groups attached to an aromatic ring is 1. The normalized spacial score (nSPS) is 10.1. The maximum absolute atomic E-state index is 5.36. The molecular formula is C11H13N5. The molecule has 16 heavy (non-hydrogen) atoms. The van der Waals surface area contributed by atoms with Crippen LogP contribution in [0.25, 0.3) is 11.5 Å². The summed E-state index contributed by atoms with van der Waals surface area (Å²) in [6.45, 7) is 2.03. The Bertz CT molecular complexity index is 447. The smallest absolute Gasteiger partial charge is 0.180 e. The number of nitrogens with two attached hydrogens (primary N) is 1. The van der Waals surface area contributed by atoms with E-state index in [0.717, 1.165) is 17.8 Å². The van der Waals surface area contributed by atoms with Crippen molar-refractivity contribution in [3.05, 3.63) is 36.2 Å². The minimum Gasteiger partial charge on any atom is -0.308 e. The SMILES string of the molecule is CCc1cc(NN)nc(-c2ccccn2)n1. The standard InChI is InChI=1S/C11H13N5/c1-2-8-7-10(16-12)15-11(14-8)9-5-3-4-6-13-9/h3-7H,2,12H2,1H3,(H,14,15,16). The molecule has 0 aliphatic heterocycles. The van der Waals surface area contributed by atoms with E-state index in [1.807, 2.05) is 31.2 Å². The molecule has 0 radical (unpaired) electrons. The van der Waals surface area contributed by atoms with Crippen LogP contribution in [0, 0.1) is 0 Å². The molecule has 0 saturated carbocycles. The summed E-state index contributed by atoms with van der Waals surface area (Å²) >= 11 is 0. The Balaban J connectivity index is 2.48. The van der Waals surface area contributed by atoms with Gasteiger partial charge in [-0.3, -0.25) is 4.98 Å². The first kappa shape index (κ1) is 10.5. The molecule has 2 aromatic heterocycles. The molecule has 5 nitrogen and oxygen atoms in total. The van der Waals surface area contributed by atoms with Gasteiger partial charge in [-0.15, -0.1) is 0 Å². The predicted molar refractivity (Wildman–Crippen MR) is 62.5 cm³/mol. The molecular weight excluding hydrogens is 202 g/mol. The number of aryl methyl sites for hydroxylation is 1. The summed E-state index contributed by atoms with van der Waals surface area (Å²) in [5, 5.41) is 0. The zero-order valence-electron chi connectivity index (χ0n) is 9.01. The number of hydrazine groups is 1. The van der Waals surface area contributed by atoms with E-state index in [0.29, 0.717) is 11.6 Å². The Labute approximate surface area is 93.7 Å². The van der Waals surface area contributed by atoms with E-state index in [4.69, 9.17) is 5.84 Å². The first-order chi connectivity index (χ1) is 7.83.